The van der Waals surface area contributed by atoms with Crippen LogP contribution in [0.4, 0.5) is 11.4 Å². The normalized spacial score (nSPS) is 23.4. The summed E-state index contributed by atoms with van der Waals surface area (Å²) in [6.07, 6.45) is 2.91. The first-order chi connectivity index (χ1) is 11.0. The second kappa shape index (κ2) is 5.08. The number of amides is 3. The number of carbonyl (C=O) groups is 3. The van der Waals surface area contributed by atoms with Gasteiger partial charge in [-0.05, 0) is 43.0 Å². The third-order valence-electron chi connectivity index (χ3n) is 4.79. The molecule has 1 N–H and O–H groups in total. The Kier molecular flexibility index (Phi) is 3.14. The number of anilines is 2. The standard InChI is InChI=1S/C17H19N3O3/c1-10(21)19-7-6-11-8-12(2-5-15(11)19)18-14-9-16(22)20(17(14)23)13-3-4-13/h2,5,8,13-14,18H,3-4,6-7,9H2,1H3. The topological polar surface area (TPSA) is 69.7 Å². The van der Waals surface area contributed by atoms with Crippen LogP contribution in [0.15, 0.2) is 18.2 Å². The average Bonchev–Trinajstić information content (AvgIpc) is 3.17. The van der Waals surface area contributed by atoms with Gasteiger partial charge in [0.25, 0.3) is 5.91 Å². The van der Waals surface area contributed by atoms with Gasteiger partial charge in [-0.2, -0.15) is 0 Å². The molecule has 2 aliphatic heterocycles. The molecule has 1 saturated carbocycles. The van der Waals surface area contributed by atoms with Crippen LogP contribution in [0.3, 0.4) is 0 Å². The summed E-state index contributed by atoms with van der Waals surface area (Å²) in [6.45, 7) is 2.26. The summed E-state index contributed by atoms with van der Waals surface area (Å²) in [5.41, 5.74) is 2.87. The zero-order valence-corrected chi connectivity index (χ0v) is 13.0. The Morgan fingerprint density at radius 3 is 2.74 bits per heavy atom. The van der Waals surface area contributed by atoms with Gasteiger partial charge in [-0.1, -0.05) is 0 Å². The summed E-state index contributed by atoms with van der Waals surface area (Å²) in [6, 6.07) is 5.43. The molecular weight excluding hydrogens is 294 g/mol. The molecule has 4 rings (SSSR count). The van der Waals surface area contributed by atoms with Gasteiger partial charge in [0.15, 0.2) is 0 Å². The molecule has 2 heterocycles. The SMILES string of the molecule is CC(=O)N1CCc2cc(NC3CC(=O)N(C4CC4)C3=O)ccc21. The molecule has 120 valence electrons. The minimum Gasteiger partial charge on any atom is -0.373 e. The Bertz CT molecular complexity index is 711. The number of benzene rings is 1. The molecule has 1 aromatic rings. The third-order valence-corrected chi connectivity index (χ3v) is 4.79. The number of likely N-dealkylation sites (tertiary alicyclic amines) is 1. The number of fused-ring (bicyclic) bond motifs is 1. The number of nitrogens with one attached hydrogen (secondary N) is 1. The van der Waals surface area contributed by atoms with Crippen molar-refractivity contribution in [3.05, 3.63) is 23.8 Å². The molecule has 3 amide bonds. The maximum absolute atomic E-state index is 12.4. The molecule has 6 heteroatoms. The van der Waals surface area contributed by atoms with Crippen LogP contribution >= 0.6 is 0 Å². The highest BCUT2D eigenvalue weighted by atomic mass is 16.2. The number of carbonyl (C=O) groups excluding carboxylic acids is 3. The maximum atomic E-state index is 12.4. The van der Waals surface area contributed by atoms with E-state index in [2.05, 4.69) is 5.32 Å². The predicted octanol–water partition coefficient (Wildman–Crippen LogP) is 1.30. The fraction of sp³-hybridized carbons (Fsp3) is 0.471. The van der Waals surface area contributed by atoms with E-state index < -0.39 is 6.04 Å². The first kappa shape index (κ1) is 14.2. The quantitative estimate of drug-likeness (QED) is 0.854. The van der Waals surface area contributed by atoms with Gasteiger partial charge in [0.1, 0.15) is 6.04 Å². The number of hydrogen-bond donors (Lipinski definition) is 1. The van der Waals surface area contributed by atoms with E-state index in [-0.39, 0.29) is 30.2 Å². The van der Waals surface area contributed by atoms with Crippen LogP contribution < -0.4 is 10.2 Å². The number of rotatable bonds is 3. The Morgan fingerprint density at radius 2 is 2.04 bits per heavy atom. The molecule has 1 aromatic carbocycles. The lowest BCUT2D eigenvalue weighted by molar-refractivity contribution is -0.139. The Labute approximate surface area is 134 Å². The summed E-state index contributed by atoms with van der Waals surface area (Å²) in [5.74, 6) is -0.136. The number of imide groups is 1. The number of hydrogen-bond acceptors (Lipinski definition) is 4. The van der Waals surface area contributed by atoms with Crippen LogP contribution in [0, 0.1) is 0 Å². The van der Waals surface area contributed by atoms with Crippen molar-refractivity contribution in [2.45, 2.75) is 44.7 Å². The van der Waals surface area contributed by atoms with Crippen LogP contribution in [0.2, 0.25) is 0 Å². The van der Waals surface area contributed by atoms with Gasteiger partial charge in [-0.25, -0.2) is 0 Å². The second-order valence-corrected chi connectivity index (χ2v) is 6.50. The molecule has 3 aliphatic rings. The third kappa shape index (κ3) is 2.38. The fourth-order valence-corrected chi connectivity index (χ4v) is 3.50. The number of nitrogens with zero attached hydrogens (tertiary/aromatic N) is 2. The highest BCUT2D eigenvalue weighted by Crippen LogP contribution is 2.34. The van der Waals surface area contributed by atoms with Crippen molar-refractivity contribution in [2.75, 3.05) is 16.8 Å². The summed E-state index contributed by atoms with van der Waals surface area (Å²) >= 11 is 0. The lowest BCUT2D eigenvalue weighted by Gasteiger charge is -2.17. The van der Waals surface area contributed by atoms with E-state index in [1.807, 2.05) is 18.2 Å². The maximum Gasteiger partial charge on any atom is 0.252 e. The average molecular weight is 313 g/mol. The van der Waals surface area contributed by atoms with Gasteiger partial charge < -0.3 is 10.2 Å². The van der Waals surface area contributed by atoms with Gasteiger partial charge >= 0.3 is 0 Å². The zero-order valence-electron chi connectivity index (χ0n) is 13.0. The molecule has 1 atom stereocenters. The first-order valence-corrected chi connectivity index (χ1v) is 8.08. The van der Waals surface area contributed by atoms with E-state index in [0.717, 1.165) is 36.2 Å². The van der Waals surface area contributed by atoms with Crippen LogP contribution in [0.5, 0.6) is 0 Å². The van der Waals surface area contributed by atoms with Gasteiger partial charge in [0, 0.05) is 30.9 Å². The Balaban J connectivity index is 1.51. The van der Waals surface area contributed by atoms with E-state index in [0.29, 0.717) is 6.54 Å². The molecular formula is C17H19N3O3. The molecule has 6 nitrogen and oxygen atoms in total. The monoisotopic (exact) mass is 313 g/mol. The molecule has 23 heavy (non-hydrogen) atoms. The van der Waals surface area contributed by atoms with Gasteiger partial charge in [-0.3, -0.25) is 19.3 Å². The molecule has 1 aliphatic carbocycles. The van der Waals surface area contributed by atoms with Crippen LogP contribution in [0.25, 0.3) is 0 Å². The molecule has 0 radical (unpaired) electrons. The highest BCUT2D eigenvalue weighted by Gasteiger charge is 2.46. The Morgan fingerprint density at radius 1 is 1.26 bits per heavy atom. The first-order valence-electron chi connectivity index (χ1n) is 8.08. The molecule has 2 fully saturated rings. The van der Waals surface area contributed by atoms with Gasteiger partial charge in [0.2, 0.25) is 11.8 Å². The van der Waals surface area contributed by atoms with Crippen molar-refractivity contribution in [1.29, 1.82) is 0 Å². The van der Waals surface area contributed by atoms with Crippen molar-refractivity contribution in [2.24, 2.45) is 0 Å². The van der Waals surface area contributed by atoms with Crippen LogP contribution in [-0.4, -0.2) is 41.2 Å². The predicted molar refractivity (Wildman–Crippen MR) is 85.1 cm³/mol. The summed E-state index contributed by atoms with van der Waals surface area (Å²) in [5, 5.41) is 3.19. The van der Waals surface area contributed by atoms with Crippen molar-refractivity contribution in [1.82, 2.24) is 4.90 Å². The van der Waals surface area contributed by atoms with Crippen molar-refractivity contribution >= 4 is 29.1 Å². The minimum atomic E-state index is -0.466. The largest absolute Gasteiger partial charge is 0.373 e. The molecule has 1 unspecified atom stereocenters. The van der Waals surface area contributed by atoms with Gasteiger partial charge in [-0.15, -0.1) is 0 Å². The second-order valence-electron chi connectivity index (χ2n) is 6.50. The molecule has 0 aromatic heterocycles. The van der Waals surface area contributed by atoms with Gasteiger partial charge in [0.05, 0.1) is 6.42 Å². The van der Waals surface area contributed by atoms with Crippen LogP contribution in [-0.2, 0) is 20.8 Å². The van der Waals surface area contributed by atoms with E-state index in [1.165, 1.54) is 4.90 Å². The lowest BCUT2D eigenvalue weighted by Crippen LogP contribution is -2.36. The van der Waals surface area contributed by atoms with E-state index in [1.54, 1.807) is 11.8 Å². The van der Waals surface area contributed by atoms with Crippen molar-refractivity contribution in [3.8, 4) is 0 Å². The summed E-state index contributed by atoms with van der Waals surface area (Å²) in [7, 11) is 0. The summed E-state index contributed by atoms with van der Waals surface area (Å²) < 4.78 is 0. The smallest absolute Gasteiger partial charge is 0.252 e. The molecule has 0 spiro atoms. The zero-order chi connectivity index (χ0) is 16.1. The van der Waals surface area contributed by atoms with Crippen molar-refractivity contribution in [3.63, 3.8) is 0 Å². The van der Waals surface area contributed by atoms with E-state index >= 15 is 0 Å². The lowest BCUT2D eigenvalue weighted by atomic mass is 10.1. The van der Waals surface area contributed by atoms with E-state index in [4.69, 9.17) is 0 Å². The van der Waals surface area contributed by atoms with Crippen LogP contribution in [0.1, 0.15) is 31.7 Å². The molecule has 1 saturated heterocycles. The summed E-state index contributed by atoms with van der Waals surface area (Å²) in [4.78, 5) is 39.1. The highest BCUT2D eigenvalue weighted by molar-refractivity contribution is 6.07. The van der Waals surface area contributed by atoms with Crippen molar-refractivity contribution < 1.29 is 14.4 Å². The minimum absolute atomic E-state index is 0.0427. The Hall–Kier alpha value is -2.37. The van der Waals surface area contributed by atoms with E-state index in [9.17, 15) is 14.4 Å². The molecule has 0 bridgehead atoms. The fourth-order valence-electron chi connectivity index (χ4n) is 3.50.